The molecular weight excluding hydrogens is 348 g/mol. The van der Waals surface area contributed by atoms with Crippen molar-refractivity contribution in [3.8, 4) is 0 Å². The molecule has 0 heteroatoms. The molecule has 3 rings (SSSR count). The average molecular weight is 389 g/mol. The Balaban J connectivity index is 1.61. The minimum absolute atomic E-state index is 0.615. The van der Waals surface area contributed by atoms with Crippen molar-refractivity contribution in [1.29, 1.82) is 0 Å². The minimum atomic E-state index is 0.615. The Morgan fingerprint density at radius 2 is 1.41 bits per heavy atom. The first-order chi connectivity index (χ1) is 13.9. The third kappa shape index (κ3) is 5.41. The van der Waals surface area contributed by atoms with Crippen molar-refractivity contribution >= 4 is 6.08 Å². The Bertz CT molecular complexity index is 854. The first kappa shape index (κ1) is 21.9. The highest BCUT2D eigenvalue weighted by molar-refractivity contribution is 5.65. The zero-order valence-corrected chi connectivity index (χ0v) is 19.5. The molecule has 0 saturated heterocycles. The molecule has 1 aliphatic rings. The SMILES string of the molecule is CCCC[C@H](C)C1=Cc2cc(C(C)CC[C@@H](C)c3ccc(C)c(C)c3)ccc2C1. The van der Waals surface area contributed by atoms with Gasteiger partial charge in [-0.3, -0.25) is 0 Å². The van der Waals surface area contributed by atoms with Crippen LogP contribution in [0.3, 0.4) is 0 Å². The summed E-state index contributed by atoms with van der Waals surface area (Å²) in [5.74, 6) is 1.96. The maximum atomic E-state index is 2.49. The smallest absolute Gasteiger partial charge is 0.00552 e. The lowest BCUT2D eigenvalue weighted by Gasteiger charge is -2.18. The number of fused-ring (bicyclic) bond motifs is 1. The van der Waals surface area contributed by atoms with E-state index in [0.717, 1.165) is 5.92 Å². The molecule has 0 amide bonds. The van der Waals surface area contributed by atoms with E-state index in [-0.39, 0.29) is 0 Å². The van der Waals surface area contributed by atoms with Gasteiger partial charge < -0.3 is 0 Å². The summed E-state index contributed by atoms with van der Waals surface area (Å²) in [7, 11) is 0. The molecule has 0 N–H and O–H groups in total. The van der Waals surface area contributed by atoms with Gasteiger partial charge in [0.25, 0.3) is 0 Å². The molecule has 0 nitrogen and oxygen atoms in total. The maximum Gasteiger partial charge on any atom is -0.00552 e. The van der Waals surface area contributed by atoms with Gasteiger partial charge in [-0.15, -0.1) is 0 Å². The highest BCUT2D eigenvalue weighted by Gasteiger charge is 2.19. The van der Waals surface area contributed by atoms with E-state index in [4.69, 9.17) is 0 Å². The second-order valence-corrected chi connectivity index (χ2v) is 9.62. The highest BCUT2D eigenvalue weighted by Crippen LogP contribution is 2.35. The van der Waals surface area contributed by atoms with E-state index in [1.165, 1.54) is 71.9 Å². The Morgan fingerprint density at radius 3 is 2.07 bits per heavy atom. The molecule has 156 valence electrons. The van der Waals surface area contributed by atoms with Gasteiger partial charge >= 0.3 is 0 Å². The second-order valence-electron chi connectivity index (χ2n) is 9.62. The van der Waals surface area contributed by atoms with Gasteiger partial charge in [-0.05, 0) is 90.7 Å². The number of benzene rings is 2. The Morgan fingerprint density at radius 1 is 0.759 bits per heavy atom. The van der Waals surface area contributed by atoms with Crippen LogP contribution in [0.1, 0.15) is 105 Å². The summed E-state index contributed by atoms with van der Waals surface area (Å²) >= 11 is 0. The molecule has 3 atom stereocenters. The van der Waals surface area contributed by atoms with E-state index in [1.54, 1.807) is 5.57 Å². The topological polar surface area (TPSA) is 0 Å². The van der Waals surface area contributed by atoms with Crippen LogP contribution in [0.2, 0.25) is 0 Å². The van der Waals surface area contributed by atoms with Crippen LogP contribution in [0, 0.1) is 19.8 Å². The van der Waals surface area contributed by atoms with E-state index in [0.29, 0.717) is 11.8 Å². The van der Waals surface area contributed by atoms with Crippen LogP contribution in [0.5, 0.6) is 0 Å². The summed E-state index contributed by atoms with van der Waals surface area (Å²) in [5, 5.41) is 0. The molecule has 0 bridgehead atoms. The van der Waals surface area contributed by atoms with Crippen molar-refractivity contribution in [3.05, 3.63) is 75.4 Å². The Kier molecular flexibility index (Phi) is 7.38. The Hall–Kier alpha value is -1.82. The molecule has 1 aliphatic carbocycles. The third-order valence-corrected chi connectivity index (χ3v) is 7.23. The lowest BCUT2D eigenvalue weighted by Crippen LogP contribution is -2.01. The minimum Gasteiger partial charge on any atom is -0.0654 e. The van der Waals surface area contributed by atoms with Gasteiger partial charge in [-0.25, -0.2) is 0 Å². The highest BCUT2D eigenvalue weighted by atomic mass is 14.2. The summed E-state index contributed by atoms with van der Waals surface area (Å²) in [6.45, 7) is 13.9. The van der Waals surface area contributed by atoms with Crippen molar-refractivity contribution < 1.29 is 0 Å². The quantitative estimate of drug-likeness (QED) is 0.403. The predicted molar refractivity (Wildman–Crippen MR) is 129 cm³/mol. The van der Waals surface area contributed by atoms with Crippen molar-refractivity contribution in [1.82, 2.24) is 0 Å². The first-order valence-corrected chi connectivity index (χ1v) is 11.8. The second kappa shape index (κ2) is 9.79. The zero-order valence-electron chi connectivity index (χ0n) is 19.5. The molecule has 0 aliphatic heterocycles. The van der Waals surface area contributed by atoms with Crippen LogP contribution >= 0.6 is 0 Å². The number of allylic oxidation sites excluding steroid dienone is 1. The van der Waals surface area contributed by atoms with Crippen LogP contribution in [0.15, 0.2) is 42.0 Å². The van der Waals surface area contributed by atoms with Crippen molar-refractivity contribution in [2.75, 3.05) is 0 Å². The van der Waals surface area contributed by atoms with Crippen LogP contribution in [0.4, 0.5) is 0 Å². The zero-order chi connectivity index (χ0) is 21.0. The van der Waals surface area contributed by atoms with Gasteiger partial charge in [0.2, 0.25) is 0 Å². The molecular formula is C29H40. The van der Waals surface area contributed by atoms with E-state index in [9.17, 15) is 0 Å². The fraction of sp³-hybridized carbons (Fsp3) is 0.517. The number of rotatable bonds is 9. The molecule has 0 radical (unpaired) electrons. The van der Waals surface area contributed by atoms with E-state index in [1.807, 2.05) is 0 Å². The van der Waals surface area contributed by atoms with Gasteiger partial charge in [0.05, 0.1) is 0 Å². The molecule has 0 fully saturated rings. The number of unbranched alkanes of at least 4 members (excludes halogenated alkanes) is 1. The normalized spacial score (nSPS) is 16.3. The predicted octanol–water partition coefficient (Wildman–Crippen LogP) is 8.76. The van der Waals surface area contributed by atoms with Crippen molar-refractivity contribution in [2.45, 2.75) is 91.9 Å². The first-order valence-electron chi connectivity index (χ1n) is 11.8. The van der Waals surface area contributed by atoms with Gasteiger partial charge in [-0.1, -0.05) is 88.6 Å². The maximum absolute atomic E-state index is 2.49. The monoisotopic (exact) mass is 388 g/mol. The van der Waals surface area contributed by atoms with Crippen molar-refractivity contribution in [3.63, 3.8) is 0 Å². The lowest BCUT2D eigenvalue weighted by molar-refractivity contribution is 0.567. The number of aryl methyl sites for hydroxylation is 2. The Labute approximate surface area is 179 Å². The lowest BCUT2D eigenvalue weighted by atomic mass is 9.87. The molecule has 0 saturated carbocycles. The summed E-state index contributed by atoms with van der Waals surface area (Å²) in [6, 6.07) is 14.2. The van der Waals surface area contributed by atoms with E-state index < -0.39 is 0 Å². The van der Waals surface area contributed by atoms with Crippen LogP contribution in [-0.4, -0.2) is 0 Å². The van der Waals surface area contributed by atoms with Gasteiger partial charge in [0.15, 0.2) is 0 Å². The molecule has 29 heavy (non-hydrogen) atoms. The van der Waals surface area contributed by atoms with E-state index in [2.05, 4.69) is 84.0 Å². The summed E-state index contributed by atoms with van der Waals surface area (Å²) < 4.78 is 0. The molecule has 0 heterocycles. The average Bonchev–Trinajstić information content (AvgIpc) is 3.15. The van der Waals surface area contributed by atoms with Crippen LogP contribution in [0.25, 0.3) is 6.08 Å². The van der Waals surface area contributed by atoms with Crippen LogP contribution < -0.4 is 0 Å². The van der Waals surface area contributed by atoms with Gasteiger partial charge in [0.1, 0.15) is 0 Å². The molecule has 2 aromatic carbocycles. The summed E-state index contributed by atoms with van der Waals surface area (Å²) in [5.41, 5.74) is 10.5. The molecule has 2 aromatic rings. The fourth-order valence-corrected chi connectivity index (χ4v) is 4.60. The molecule has 0 aromatic heterocycles. The third-order valence-electron chi connectivity index (χ3n) is 7.23. The van der Waals surface area contributed by atoms with Gasteiger partial charge in [-0.2, -0.15) is 0 Å². The van der Waals surface area contributed by atoms with Crippen LogP contribution in [-0.2, 0) is 6.42 Å². The van der Waals surface area contributed by atoms with Crippen molar-refractivity contribution in [2.24, 2.45) is 5.92 Å². The molecule has 0 spiro atoms. The summed E-state index contributed by atoms with van der Waals surface area (Å²) in [6.07, 6.45) is 10.1. The molecule has 1 unspecified atom stereocenters. The summed E-state index contributed by atoms with van der Waals surface area (Å²) in [4.78, 5) is 0. The number of hydrogen-bond acceptors (Lipinski definition) is 0. The largest absolute Gasteiger partial charge is 0.0654 e. The fourth-order valence-electron chi connectivity index (χ4n) is 4.60. The van der Waals surface area contributed by atoms with E-state index >= 15 is 0 Å². The number of hydrogen-bond donors (Lipinski definition) is 0. The van der Waals surface area contributed by atoms with Gasteiger partial charge in [0, 0.05) is 0 Å². The standard InChI is InChI=1S/C29H40/c1-7-8-9-21(3)28-18-27-15-14-26(17-29(27)19-28)23(5)11-10-22(4)25-13-12-20(2)24(6)16-25/h12-17,19,21-23H,7-11,18H2,1-6H3/t21-,22+,23?/m0/s1.